The van der Waals surface area contributed by atoms with Gasteiger partial charge in [0.2, 0.25) is 0 Å². The van der Waals surface area contributed by atoms with E-state index >= 15 is 0 Å². The van der Waals surface area contributed by atoms with Gasteiger partial charge in [0.05, 0.1) is 25.8 Å². The molecular weight excluding hydrogens is 338 g/mol. The summed E-state index contributed by atoms with van der Waals surface area (Å²) in [4.78, 5) is 23.6. The van der Waals surface area contributed by atoms with Crippen molar-refractivity contribution in [2.45, 2.75) is 12.5 Å². The maximum absolute atomic E-state index is 12.1. The van der Waals surface area contributed by atoms with Crippen molar-refractivity contribution in [3.05, 3.63) is 58.5 Å². The number of methoxy groups -OCH3 is 1. The predicted octanol–water partition coefficient (Wildman–Crippen LogP) is 3.08. The van der Waals surface area contributed by atoms with Crippen LogP contribution in [0.1, 0.15) is 28.6 Å². The standard InChI is InChI=1S/C15H14BrNO4/c1-20-14(18)9-12(10-4-6-11(16)7-5-10)17-15(19)13-3-2-8-21-13/h2-8,12H,9H2,1H3,(H,17,19)/t12-/m0/s1. The van der Waals surface area contributed by atoms with Crippen LogP contribution in [0, 0.1) is 0 Å². The van der Waals surface area contributed by atoms with Gasteiger partial charge in [-0.15, -0.1) is 0 Å². The Hall–Kier alpha value is -2.08. The molecule has 1 amide bonds. The molecule has 0 saturated heterocycles. The van der Waals surface area contributed by atoms with E-state index in [1.165, 1.54) is 13.4 Å². The van der Waals surface area contributed by atoms with Crippen LogP contribution in [0.15, 0.2) is 51.6 Å². The molecule has 0 spiro atoms. The zero-order chi connectivity index (χ0) is 15.2. The molecular formula is C15H14BrNO4. The topological polar surface area (TPSA) is 68.5 Å². The Morgan fingerprint density at radius 1 is 1.29 bits per heavy atom. The molecule has 110 valence electrons. The molecule has 1 heterocycles. The van der Waals surface area contributed by atoms with Gasteiger partial charge in [0.25, 0.3) is 5.91 Å². The second kappa shape index (κ2) is 7.08. The minimum Gasteiger partial charge on any atom is -0.469 e. The summed E-state index contributed by atoms with van der Waals surface area (Å²) in [6, 6.07) is 10.1. The largest absolute Gasteiger partial charge is 0.469 e. The van der Waals surface area contributed by atoms with Crippen LogP contribution in [-0.4, -0.2) is 19.0 Å². The van der Waals surface area contributed by atoms with E-state index in [9.17, 15) is 9.59 Å². The quantitative estimate of drug-likeness (QED) is 0.840. The van der Waals surface area contributed by atoms with Crippen LogP contribution in [0.3, 0.4) is 0 Å². The third-order valence-corrected chi connectivity index (χ3v) is 3.45. The molecule has 0 unspecified atom stereocenters. The smallest absolute Gasteiger partial charge is 0.307 e. The molecule has 1 aromatic carbocycles. The number of halogens is 1. The van der Waals surface area contributed by atoms with Crippen molar-refractivity contribution in [3.63, 3.8) is 0 Å². The number of ether oxygens (including phenoxy) is 1. The maximum Gasteiger partial charge on any atom is 0.307 e. The molecule has 6 heteroatoms. The van der Waals surface area contributed by atoms with Gasteiger partial charge >= 0.3 is 5.97 Å². The monoisotopic (exact) mass is 351 g/mol. The van der Waals surface area contributed by atoms with Crippen LogP contribution in [0.4, 0.5) is 0 Å². The minimum atomic E-state index is -0.483. The van der Waals surface area contributed by atoms with E-state index in [0.29, 0.717) is 0 Å². The van der Waals surface area contributed by atoms with Gasteiger partial charge in [-0.2, -0.15) is 0 Å². The first-order valence-corrected chi connectivity index (χ1v) is 7.06. The Morgan fingerprint density at radius 3 is 2.57 bits per heavy atom. The normalized spacial score (nSPS) is 11.7. The Morgan fingerprint density at radius 2 is 2.00 bits per heavy atom. The average molecular weight is 352 g/mol. The number of furan rings is 1. The van der Waals surface area contributed by atoms with E-state index in [0.717, 1.165) is 10.0 Å². The molecule has 0 saturated carbocycles. The number of benzene rings is 1. The highest BCUT2D eigenvalue weighted by Crippen LogP contribution is 2.21. The van der Waals surface area contributed by atoms with Gasteiger partial charge in [-0.3, -0.25) is 9.59 Å². The van der Waals surface area contributed by atoms with E-state index < -0.39 is 12.0 Å². The van der Waals surface area contributed by atoms with Crippen LogP contribution in [-0.2, 0) is 9.53 Å². The van der Waals surface area contributed by atoms with Crippen molar-refractivity contribution < 1.29 is 18.7 Å². The first-order valence-electron chi connectivity index (χ1n) is 6.27. The molecule has 0 aliphatic heterocycles. The van der Waals surface area contributed by atoms with Crippen molar-refractivity contribution in [1.29, 1.82) is 0 Å². The number of nitrogens with one attached hydrogen (secondary N) is 1. The number of carbonyl (C=O) groups excluding carboxylic acids is 2. The molecule has 2 aromatic rings. The Bertz CT molecular complexity index is 607. The molecule has 0 aliphatic rings. The van der Waals surface area contributed by atoms with Crippen molar-refractivity contribution in [2.24, 2.45) is 0 Å². The second-order valence-corrected chi connectivity index (χ2v) is 5.25. The number of carbonyl (C=O) groups is 2. The highest BCUT2D eigenvalue weighted by Gasteiger charge is 2.20. The second-order valence-electron chi connectivity index (χ2n) is 4.34. The van der Waals surface area contributed by atoms with Gasteiger partial charge in [-0.05, 0) is 29.8 Å². The van der Waals surface area contributed by atoms with Crippen molar-refractivity contribution >= 4 is 27.8 Å². The van der Waals surface area contributed by atoms with E-state index in [-0.39, 0.29) is 18.1 Å². The van der Waals surface area contributed by atoms with E-state index in [2.05, 4.69) is 26.0 Å². The number of esters is 1. The van der Waals surface area contributed by atoms with Gasteiger partial charge < -0.3 is 14.5 Å². The summed E-state index contributed by atoms with van der Waals surface area (Å²) in [5, 5.41) is 2.77. The van der Waals surface area contributed by atoms with Gasteiger partial charge in [0.15, 0.2) is 5.76 Å². The van der Waals surface area contributed by atoms with Crippen LogP contribution in [0.25, 0.3) is 0 Å². The lowest BCUT2D eigenvalue weighted by atomic mass is 10.0. The molecule has 1 N–H and O–H groups in total. The van der Waals surface area contributed by atoms with E-state index in [1.807, 2.05) is 24.3 Å². The molecule has 0 fully saturated rings. The maximum atomic E-state index is 12.1. The zero-order valence-electron chi connectivity index (χ0n) is 11.3. The lowest BCUT2D eigenvalue weighted by molar-refractivity contribution is -0.141. The molecule has 1 aromatic heterocycles. The van der Waals surface area contributed by atoms with Crippen molar-refractivity contribution in [3.8, 4) is 0 Å². The van der Waals surface area contributed by atoms with Gasteiger partial charge in [-0.1, -0.05) is 28.1 Å². The fourth-order valence-corrected chi connectivity index (χ4v) is 2.10. The predicted molar refractivity (Wildman–Crippen MR) is 79.7 cm³/mol. The number of hydrogen-bond acceptors (Lipinski definition) is 4. The van der Waals surface area contributed by atoms with Gasteiger partial charge in [-0.25, -0.2) is 0 Å². The van der Waals surface area contributed by atoms with Crippen molar-refractivity contribution in [1.82, 2.24) is 5.32 Å². The van der Waals surface area contributed by atoms with Crippen LogP contribution < -0.4 is 5.32 Å². The fourth-order valence-electron chi connectivity index (χ4n) is 1.83. The Labute approximate surface area is 130 Å². The SMILES string of the molecule is COC(=O)C[C@H](NC(=O)c1ccco1)c1ccc(Br)cc1. The van der Waals surface area contributed by atoms with Crippen LogP contribution in [0.5, 0.6) is 0 Å². The molecule has 0 bridgehead atoms. The lowest BCUT2D eigenvalue weighted by Gasteiger charge is -2.17. The van der Waals surface area contributed by atoms with Crippen molar-refractivity contribution in [2.75, 3.05) is 7.11 Å². The summed E-state index contributed by atoms with van der Waals surface area (Å²) in [6.07, 6.45) is 1.47. The van der Waals surface area contributed by atoms with Crippen LogP contribution in [0.2, 0.25) is 0 Å². The summed E-state index contributed by atoms with van der Waals surface area (Å²) >= 11 is 3.35. The summed E-state index contributed by atoms with van der Waals surface area (Å²) in [7, 11) is 1.31. The summed E-state index contributed by atoms with van der Waals surface area (Å²) in [5.74, 6) is -0.582. The van der Waals surface area contributed by atoms with E-state index in [4.69, 9.17) is 4.42 Å². The Kier molecular flexibility index (Phi) is 5.16. The first kappa shape index (κ1) is 15.3. The first-order chi connectivity index (χ1) is 10.1. The molecule has 0 radical (unpaired) electrons. The third-order valence-electron chi connectivity index (χ3n) is 2.92. The minimum absolute atomic E-state index is 0.0462. The molecule has 5 nitrogen and oxygen atoms in total. The highest BCUT2D eigenvalue weighted by atomic mass is 79.9. The molecule has 21 heavy (non-hydrogen) atoms. The number of hydrogen-bond donors (Lipinski definition) is 1. The summed E-state index contributed by atoms with van der Waals surface area (Å²) in [5.41, 5.74) is 0.809. The average Bonchev–Trinajstić information content (AvgIpc) is 3.01. The Balaban J connectivity index is 2.17. The fraction of sp³-hybridized carbons (Fsp3) is 0.200. The molecule has 2 rings (SSSR count). The summed E-state index contributed by atoms with van der Waals surface area (Å²) in [6.45, 7) is 0. The van der Waals surface area contributed by atoms with Crippen LogP contribution >= 0.6 is 15.9 Å². The summed E-state index contributed by atoms with van der Waals surface area (Å²) < 4.78 is 10.6. The zero-order valence-corrected chi connectivity index (χ0v) is 12.9. The van der Waals surface area contributed by atoms with Gasteiger partial charge in [0.1, 0.15) is 0 Å². The molecule has 1 atom stereocenters. The highest BCUT2D eigenvalue weighted by molar-refractivity contribution is 9.10. The lowest BCUT2D eigenvalue weighted by Crippen LogP contribution is -2.30. The van der Waals surface area contributed by atoms with E-state index in [1.54, 1.807) is 12.1 Å². The number of amides is 1. The van der Waals surface area contributed by atoms with Gasteiger partial charge in [0, 0.05) is 4.47 Å². The number of rotatable bonds is 5. The molecule has 0 aliphatic carbocycles. The third kappa shape index (κ3) is 4.19.